The maximum absolute atomic E-state index is 12.2. The topological polar surface area (TPSA) is 164 Å². The van der Waals surface area contributed by atoms with Crippen LogP contribution in [0.4, 0.5) is 13.2 Å². The van der Waals surface area contributed by atoms with Crippen LogP contribution in [0.1, 0.15) is 0 Å². The quantitative estimate of drug-likeness (QED) is 0.158. The Hall–Kier alpha value is -2.45. The van der Waals surface area contributed by atoms with Gasteiger partial charge in [0.15, 0.2) is 13.1 Å². The van der Waals surface area contributed by atoms with Gasteiger partial charge in [-0.1, -0.05) is 0 Å². The largest absolute Gasteiger partial charge is 0.480 e. The van der Waals surface area contributed by atoms with E-state index in [0.29, 0.717) is 0 Å². The fourth-order valence-corrected chi connectivity index (χ4v) is 2.55. The van der Waals surface area contributed by atoms with Crippen LogP contribution >= 0.6 is 0 Å². The first-order valence-corrected chi connectivity index (χ1v) is 7.97. The molecule has 14 heteroatoms. The average Bonchev–Trinajstić information content (AvgIpc) is 2.46. The van der Waals surface area contributed by atoms with Gasteiger partial charge in [0, 0.05) is 13.1 Å². The molecular formula is C14H23F3N3O8+. The van der Waals surface area contributed by atoms with Crippen molar-refractivity contribution in [3.05, 3.63) is 0 Å². The molecule has 0 radical (unpaired) electrons. The van der Waals surface area contributed by atoms with Crippen molar-refractivity contribution in [1.29, 1.82) is 0 Å². The molecule has 0 atom stereocenters. The van der Waals surface area contributed by atoms with Crippen LogP contribution in [0.5, 0.6) is 0 Å². The first kappa shape index (κ1) is 25.6. The first-order chi connectivity index (χ1) is 12.7. The number of carboxylic acid groups (broad SMARTS) is 4. The number of hydrogen-bond donors (Lipinski definition) is 5. The lowest BCUT2D eigenvalue weighted by Crippen LogP contribution is -2.59. The Morgan fingerprint density at radius 2 is 1.29 bits per heavy atom. The summed E-state index contributed by atoms with van der Waals surface area (Å²) in [6.07, 6.45) is -4.50. The number of rotatable bonds is 15. The molecule has 0 bridgehead atoms. The predicted molar refractivity (Wildman–Crippen MR) is 85.6 cm³/mol. The van der Waals surface area contributed by atoms with Gasteiger partial charge >= 0.3 is 30.1 Å². The Morgan fingerprint density at radius 1 is 0.821 bits per heavy atom. The molecule has 0 spiro atoms. The molecule has 5 N–H and O–H groups in total. The van der Waals surface area contributed by atoms with E-state index in [0.717, 1.165) is 4.90 Å². The molecule has 0 aromatic rings. The van der Waals surface area contributed by atoms with Crippen molar-refractivity contribution in [2.75, 3.05) is 58.9 Å². The molecule has 0 heterocycles. The molecule has 0 saturated heterocycles. The van der Waals surface area contributed by atoms with E-state index in [4.69, 9.17) is 20.4 Å². The summed E-state index contributed by atoms with van der Waals surface area (Å²) in [5, 5.41) is 37.9. The van der Waals surface area contributed by atoms with E-state index >= 15 is 0 Å². The van der Waals surface area contributed by atoms with Crippen molar-refractivity contribution in [2.45, 2.75) is 6.18 Å². The number of quaternary nitrogens is 1. The fourth-order valence-electron chi connectivity index (χ4n) is 2.55. The summed E-state index contributed by atoms with van der Waals surface area (Å²) in [7, 11) is 0. The van der Waals surface area contributed by atoms with E-state index in [-0.39, 0.29) is 26.2 Å². The maximum atomic E-state index is 12.2. The molecule has 0 aliphatic rings. The van der Waals surface area contributed by atoms with Gasteiger partial charge in [0.05, 0.1) is 32.7 Å². The number of aliphatic carboxylic acids is 4. The molecule has 28 heavy (non-hydrogen) atoms. The number of nitrogens with one attached hydrogen (secondary N) is 1. The van der Waals surface area contributed by atoms with E-state index in [9.17, 15) is 32.3 Å². The highest BCUT2D eigenvalue weighted by molar-refractivity contribution is 5.72. The summed E-state index contributed by atoms with van der Waals surface area (Å²) >= 11 is 0. The lowest BCUT2D eigenvalue weighted by molar-refractivity contribution is -0.913. The van der Waals surface area contributed by atoms with Crippen molar-refractivity contribution in [1.82, 2.24) is 10.2 Å². The molecule has 0 saturated carbocycles. The second-order valence-corrected chi connectivity index (χ2v) is 6.18. The Bertz CT molecular complexity index is 539. The fraction of sp³-hybridized carbons (Fsp3) is 0.714. The van der Waals surface area contributed by atoms with Gasteiger partial charge in [-0.15, -0.1) is 0 Å². The first-order valence-electron chi connectivity index (χ1n) is 7.97. The average molecular weight is 418 g/mol. The zero-order chi connectivity index (χ0) is 22.0. The van der Waals surface area contributed by atoms with E-state index in [1.807, 2.05) is 0 Å². The lowest BCUT2D eigenvalue weighted by Gasteiger charge is -2.37. The molecule has 0 aliphatic heterocycles. The third kappa shape index (κ3) is 12.8. The van der Waals surface area contributed by atoms with E-state index < -0.39 is 67.3 Å². The zero-order valence-electron chi connectivity index (χ0n) is 14.8. The third-order valence-corrected chi connectivity index (χ3v) is 3.64. The van der Waals surface area contributed by atoms with Crippen molar-refractivity contribution in [3.63, 3.8) is 0 Å². The number of nitrogens with zero attached hydrogens (tertiary/aromatic N) is 2. The molecule has 0 aromatic heterocycles. The SMILES string of the molecule is O=C(O)CN(CC[N+](CCNCC(F)(F)F)(CC(=O)O)CC(=O)O)CC(=O)O. The second kappa shape index (κ2) is 11.4. The number of halogens is 3. The summed E-state index contributed by atoms with van der Waals surface area (Å²) < 4.78 is 36.0. The molecule has 0 rings (SSSR count). The van der Waals surface area contributed by atoms with Gasteiger partial charge in [-0.25, -0.2) is 9.59 Å². The number of carbonyl (C=O) groups is 4. The summed E-state index contributed by atoms with van der Waals surface area (Å²) in [5.41, 5.74) is 0. The molecule has 11 nitrogen and oxygen atoms in total. The van der Waals surface area contributed by atoms with E-state index in [2.05, 4.69) is 5.32 Å². The highest BCUT2D eigenvalue weighted by Crippen LogP contribution is 2.13. The van der Waals surface area contributed by atoms with Crippen LogP contribution in [-0.4, -0.2) is 119 Å². The summed E-state index contributed by atoms with van der Waals surface area (Å²) in [4.78, 5) is 45.0. The Labute approximate surface area is 157 Å². The minimum atomic E-state index is -4.50. The van der Waals surface area contributed by atoms with Gasteiger partial charge in [-0.05, 0) is 0 Å². The lowest BCUT2D eigenvalue weighted by atomic mass is 10.2. The van der Waals surface area contributed by atoms with Gasteiger partial charge in [0.2, 0.25) is 0 Å². The van der Waals surface area contributed by atoms with Crippen LogP contribution in [-0.2, 0) is 19.2 Å². The van der Waals surface area contributed by atoms with Crippen molar-refractivity contribution in [2.24, 2.45) is 0 Å². The summed E-state index contributed by atoms with van der Waals surface area (Å²) in [6, 6.07) is 0. The second-order valence-electron chi connectivity index (χ2n) is 6.18. The minimum Gasteiger partial charge on any atom is -0.480 e. The van der Waals surface area contributed by atoms with Crippen molar-refractivity contribution >= 4 is 23.9 Å². The smallest absolute Gasteiger partial charge is 0.401 e. The van der Waals surface area contributed by atoms with Gasteiger partial charge in [0.25, 0.3) is 0 Å². The van der Waals surface area contributed by atoms with Crippen LogP contribution in [0.3, 0.4) is 0 Å². The van der Waals surface area contributed by atoms with Crippen LogP contribution in [0, 0.1) is 0 Å². The van der Waals surface area contributed by atoms with E-state index in [1.54, 1.807) is 0 Å². The maximum Gasteiger partial charge on any atom is 0.401 e. The Morgan fingerprint density at radius 3 is 1.64 bits per heavy atom. The normalized spacial score (nSPS) is 12.1. The summed E-state index contributed by atoms with van der Waals surface area (Å²) in [6.45, 7) is -5.41. The van der Waals surface area contributed by atoms with Gasteiger partial charge in [0.1, 0.15) is 0 Å². The third-order valence-electron chi connectivity index (χ3n) is 3.64. The number of hydrogen-bond acceptors (Lipinski definition) is 6. The highest BCUT2D eigenvalue weighted by atomic mass is 19.4. The van der Waals surface area contributed by atoms with Crippen LogP contribution in [0.25, 0.3) is 0 Å². The monoisotopic (exact) mass is 418 g/mol. The molecule has 0 fully saturated rings. The van der Waals surface area contributed by atoms with Crippen molar-refractivity contribution < 1.29 is 57.3 Å². The number of carboxylic acids is 4. The molecule has 0 aliphatic carbocycles. The number of alkyl halides is 3. The predicted octanol–water partition coefficient (Wildman–Crippen LogP) is -1.40. The van der Waals surface area contributed by atoms with Gasteiger partial charge in [-0.2, -0.15) is 13.2 Å². The van der Waals surface area contributed by atoms with Crippen molar-refractivity contribution in [3.8, 4) is 0 Å². The molecule has 0 amide bonds. The minimum absolute atomic E-state index is 0.279. The molecule has 0 unspecified atom stereocenters. The summed E-state index contributed by atoms with van der Waals surface area (Å²) in [5.74, 6) is -5.49. The standard InChI is InChI=1S/C14H22F3N3O8/c15-14(16,17)9-18-1-3-20(7-12(25)26,8-13(27)28)4-2-19(5-10(21)22)6-11(23)24/h18H,1-9H2,(H3-,21,22,23,24,25,26,27,28)/p+1. The van der Waals surface area contributed by atoms with Crippen LogP contribution < -0.4 is 5.32 Å². The zero-order valence-corrected chi connectivity index (χ0v) is 14.8. The Balaban J connectivity index is 5.28. The van der Waals surface area contributed by atoms with Gasteiger partial charge in [-0.3, -0.25) is 14.5 Å². The van der Waals surface area contributed by atoms with Gasteiger partial charge < -0.3 is 30.2 Å². The van der Waals surface area contributed by atoms with Crippen LogP contribution in [0.2, 0.25) is 0 Å². The highest BCUT2D eigenvalue weighted by Gasteiger charge is 2.34. The van der Waals surface area contributed by atoms with E-state index in [1.165, 1.54) is 0 Å². The van der Waals surface area contributed by atoms with Crippen LogP contribution in [0.15, 0.2) is 0 Å². The molecule has 0 aromatic carbocycles. The Kier molecular flexibility index (Phi) is 10.4. The molecule has 162 valence electrons. The molecular weight excluding hydrogens is 395 g/mol.